The van der Waals surface area contributed by atoms with Crippen molar-refractivity contribution in [2.45, 2.75) is 19.5 Å². The number of nitrogens with zero attached hydrogens (tertiary/aromatic N) is 3. The highest BCUT2D eigenvalue weighted by Crippen LogP contribution is 2.17. The predicted octanol–water partition coefficient (Wildman–Crippen LogP) is 2.54. The van der Waals surface area contributed by atoms with Crippen LogP contribution >= 0.6 is 0 Å². The lowest BCUT2D eigenvalue weighted by Gasteiger charge is -2.36. The van der Waals surface area contributed by atoms with E-state index >= 15 is 0 Å². The normalized spacial score (nSPS) is 14.1. The molecule has 0 saturated carbocycles. The molecule has 34 heavy (non-hydrogen) atoms. The second kappa shape index (κ2) is 11.5. The van der Waals surface area contributed by atoms with Crippen molar-refractivity contribution in [3.63, 3.8) is 0 Å². The van der Waals surface area contributed by atoms with Gasteiger partial charge in [-0.05, 0) is 24.1 Å². The minimum atomic E-state index is -0.166. The quantitative estimate of drug-likeness (QED) is 0.532. The van der Waals surface area contributed by atoms with Gasteiger partial charge < -0.3 is 19.5 Å². The lowest BCUT2D eigenvalue weighted by Crippen LogP contribution is -2.46. The Hall–Kier alpha value is -3.58. The van der Waals surface area contributed by atoms with Crippen LogP contribution < -0.4 is 20.4 Å². The molecule has 7 nitrogen and oxygen atoms in total. The Morgan fingerprint density at radius 1 is 0.971 bits per heavy atom. The van der Waals surface area contributed by atoms with E-state index in [-0.39, 0.29) is 23.6 Å². The van der Waals surface area contributed by atoms with Gasteiger partial charge in [-0.1, -0.05) is 48.5 Å². The number of aromatic nitrogens is 1. The maximum atomic E-state index is 12.7. The van der Waals surface area contributed by atoms with Crippen molar-refractivity contribution in [3.05, 3.63) is 94.4 Å². The molecule has 1 aliphatic heterocycles. The number of anilines is 1. The summed E-state index contributed by atoms with van der Waals surface area (Å²) in [5.74, 6) is 0.159. The first kappa shape index (κ1) is 23.6. The molecule has 0 aliphatic carbocycles. The molecule has 1 aromatic heterocycles. The van der Waals surface area contributed by atoms with Crippen LogP contribution in [0.3, 0.4) is 0 Å². The van der Waals surface area contributed by atoms with Gasteiger partial charge in [-0.15, -0.1) is 0 Å². The smallest absolute Gasteiger partial charge is 0.239 e. The lowest BCUT2D eigenvalue weighted by molar-refractivity contribution is -0.121. The first-order valence-electron chi connectivity index (χ1n) is 11.7. The Balaban J connectivity index is 1.37. The summed E-state index contributed by atoms with van der Waals surface area (Å²) in [6.07, 6.45) is 2.42. The number of piperazine rings is 1. The predicted molar refractivity (Wildman–Crippen MR) is 134 cm³/mol. The number of carbonyl (C=O) groups excluding carboxylic acids is 1. The highest BCUT2D eigenvalue weighted by molar-refractivity contribution is 5.75. The molecular formula is C27H32N4O3. The summed E-state index contributed by atoms with van der Waals surface area (Å²) in [4.78, 5) is 29.8. The Morgan fingerprint density at radius 2 is 1.65 bits per heavy atom. The molecular weight excluding hydrogens is 428 g/mol. The topological polar surface area (TPSA) is 66.8 Å². The lowest BCUT2D eigenvalue weighted by atomic mass is 10.1. The number of hydrogen-bond donors (Lipinski definition) is 1. The molecule has 1 amide bonds. The SMILES string of the molecule is COc1cn(CC(=O)NCCc2ccccc2)c(CN2CCN(c3ccccc3)CC2)cc1=O. The maximum Gasteiger partial charge on any atom is 0.239 e. The van der Waals surface area contributed by atoms with Crippen LogP contribution in [0.1, 0.15) is 11.3 Å². The van der Waals surface area contributed by atoms with Crippen LogP contribution in [0.15, 0.2) is 77.7 Å². The zero-order valence-electron chi connectivity index (χ0n) is 19.7. The van der Waals surface area contributed by atoms with Crippen molar-refractivity contribution in [2.75, 3.05) is 44.7 Å². The number of hydrogen-bond acceptors (Lipinski definition) is 5. The van der Waals surface area contributed by atoms with E-state index in [2.05, 4.69) is 39.4 Å². The van der Waals surface area contributed by atoms with Crippen LogP contribution in [-0.4, -0.2) is 55.2 Å². The van der Waals surface area contributed by atoms with E-state index in [4.69, 9.17) is 4.74 Å². The van der Waals surface area contributed by atoms with Crippen LogP contribution in [0.4, 0.5) is 5.69 Å². The third-order valence-electron chi connectivity index (χ3n) is 6.17. The number of amides is 1. The van der Waals surface area contributed by atoms with E-state index < -0.39 is 0 Å². The largest absolute Gasteiger partial charge is 0.491 e. The van der Waals surface area contributed by atoms with Gasteiger partial charge >= 0.3 is 0 Å². The maximum absolute atomic E-state index is 12.7. The Labute approximate surface area is 200 Å². The molecule has 7 heteroatoms. The van der Waals surface area contributed by atoms with Crippen molar-refractivity contribution in [3.8, 4) is 5.75 Å². The van der Waals surface area contributed by atoms with Crippen molar-refractivity contribution in [1.29, 1.82) is 0 Å². The van der Waals surface area contributed by atoms with Crippen LogP contribution in [0.25, 0.3) is 0 Å². The first-order valence-corrected chi connectivity index (χ1v) is 11.7. The van der Waals surface area contributed by atoms with Crippen LogP contribution in [0.5, 0.6) is 5.75 Å². The van der Waals surface area contributed by atoms with E-state index in [9.17, 15) is 9.59 Å². The molecule has 178 valence electrons. The molecule has 0 bridgehead atoms. The molecule has 4 rings (SSSR count). The molecule has 1 aliphatic rings. The number of carbonyl (C=O) groups is 1. The zero-order chi connectivity index (χ0) is 23.8. The second-order valence-corrected chi connectivity index (χ2v) is 8.51. The van der Waals surface area contributed by atoms with Gasteiger partial charge in [0.05, 0.1) is 13.3 Å². The van der Waals surface area contributed by atoms with Gasteiger partial charge in [-0.3, -0.25) is 14.5 Å². The molecule has 1 saturated heterocycles. The minimum absolute atomic E-state index is 0.0863. The first-order chi connectivity index (χ1) is 16.6. The van der Waals surface area contributed by atoms with E-state index in [1.165, 1.54) is 18.4 Å². The summed E-state index contributed by atoms with van der Waals surface area (Å²) in [5.41, 5.74) is 3.07. The number of ether oxygens (including phenoxy) is 1. The summed E-state index contributed by atoms with van der Waals surface area (Å²) in [6.45, 7) is 4.94. The minimum Gasteiger partial charge on any atom is -0.491 e. The highest BCUT2D eigenvalue weighted by atomic mass is 16.5. The average molecular weight is 461 g/mol. The molecule has 3 aromatic rings. The highest BCUT2D eigenvalue weighted by Gasteiger charge is 2.19. The van der Waals surface area contributed by atoms with E-state index in [0.29, 0.717) is 13.1 Å². The standard InChI is InChI=1S/C27H32N4O3/c1-34-26-20-31(21-27(33)28-13-12-22-8-4-2-5-9-22)24(18-25(26)32)19-29-14-16-30(17-15-29)23-10-6-3-7-11-23/h2-11,18,20H,12-17,19,21H2,1H3,(H,28,33). The fourth-order valence-electron chi connectivity index (χ4n) is 4.26. The summed E-state index contributed by atoms with van der Waals surface area (Å²) >= 11 is 0. The summed E-state index contributed by atoms with van der Waals surface area (Å²) < 4.78 is 7.06. The summed E-state index contributed by atoms with van der Waals surface area (Å²) in [7, 11) is 1.48. The van der Waals surface area contributed by atoms with Gasteiger partial charge in [-0.2, -0.15) is 0 Å². The molecule has 0 atom stereocenters. The van der Waals surface area contributed by atoms with Gasteiger partial charge in [0, 0.05) is 56.7 Å². The van der Waals surface area contributed by atoms with Crippen LogP contribution in [0, 0.1) is 0 Å². The Morgan fingerprint density at radius 3 is 2.32 bits per heavy atom. The molecule has 2 aromatic carbocycles. The molecule has 1 fully saturated rings. The molecule has 0 radical (unpaired) electrons. The summed E-state index contributed by atoms with van der Waals surface area (Å²) in [6, 6.07) is 22.1. The van der Waals surface area contributed by atoms with Crippen molar-refractivity contribution in [1.82, 2.24) is 14.8 Å². The number of pyridine rings is 1. The van der Waals surface area contributed by atoms with Gasteiger partial charge in [-0.25, -0.2) is 0 Å². The third kappa shape index (κ3) is 6.26. The molecule has 2 heterocycles. The van der Waals surface area contributed by atoms with E-state index in [1.54, 1.807) is 12.3 Å². The van der Waals surface area contributed by atoms with Crippen LogP contribution in [0.2, 0.25) is 0 Å². The van der Waals surface area contributed by atoms with Crippen molar-refractivity contribution < 1.29 is 9.53 Å². The van der Waals surface area contributed by atoms with Gasteiger partial charge in [0.25, 0.3) is 0 Å². The average Bonchev–Trinajstić information content (AvgIpc) is 2.87. The number of para-hydroxylation sites is 1. The molecule has 1 N–H and O–H groups in total. The van der Waals surface area contributed by atoms with Gasteiger partial charge in [0.1, 0.15) is 6.54 Å². The van der Waals surface area contributed by atoms with Crippen molar-refractivity contribution >= 4 is 11.6 Å². The monoisotopic (exact) mass is 460 g/mol. The molecule has 0 spiro atoms. The van der Waals surface area contributed by atoms with Gasteiger partial charge in [0.2, 0.25) is 11.3 Å². The summed E-state index contributed by atoms with van der Waals surface area (Å²) in [5, 5.41) is 2.99. The number of rotatable bonds is 9. The molecule has 0 unspecified atom stereocenters. The Kier molecular flexibility index (Phi) is 7.99. The van der Waals surface area contributed by atoms with E-state index in [0.717, 1.165) is 38.3 Å². The van der Waals surface area contributed by atoms with Crippen molar-refractivity contribution in [2.24, 2.45) is 0 Å². The fraction of sp³-hybridized carbons (Fsp3) is 0.333. The van der Waals surface area contributed by atoms with E-state index in [1.807, 2.05) is 41.0 Å². The second-order valence-electron chi connectivity index (χ2n) is 8.51. The number of nitrogens with one attached hydrogen (secondary N) is 1. The van der Waals surface area contributed by atoms with Crippen LogP contribution in [-0.2, 0) is 24.3 Å². The fourth-order valence-corrected chi connectivity index (χ4v) is 4.26. The number of benzene rings is 2. The third-order valence-corrected chi connectivity index (χ3v) is 6.17. The Bertz CT molecular complexity index is 1120. The van der Waals surface area contributed by atoms with Gasteiger partial charge in [0.15, 0.2) is 5.75 Å². The number of methoxy groups -OCH3 is 1. The zero-order valence-corrected chi connectivity index (χ0v) is 19.7.